The maximum absolute atomic E-state index is 12.7. The summed E-state index contributed by atoms with van der Waals surface area (Å²) in [6.07, 6.45) is 0. The molecular formula is C17H20BrNOS. The molecular weight excluding hydrogens is 346 g/mol. The Morgan fingerprint density at radius 2 is 2.05 bits per heavy atom. The smallest absolute Gasteiger partial charge is 0.179 e. The lowest BCUT2D eigenvalue weighted by Crippen LogP contribution is -2.35. The second-order valence-electron chi connectivity index (χ2n) is 5.53. The molecule has 1 unspecified atom stereocenters. The van der Waals surface area contributed by atoms with Crippen molar-refractivity contribution in [1.82, 2.24) is 4.90 Å². The van der Waals surface area contributed by atoms with Gasteiger partial charge in [0.05, 0.1) is 9.83 Å². The fraction of sp³-hybridized carbons (Fsp3) is 0.353. The molecule has 0 aliphatic carbocycles. The van der Waals surface area contributed by atoms with Crippen LogP contribution in [0.5, 0.6) is 0 Å². The predicted molar refractivity (Wildman–Crippen MR) is 93.2 cm³/mol. The van der Waals surface area contributed by atoms with Crippen molar-refractivity contribution in [2.75, 3.05) is 7.05 Å². The Kier molecular flexibility index (Phi) is 5.36. The number of aryl methyl sites for hydroxylation is 2. The van der Waals surface area contributed by atoms with E-state index in [1.807, 2.05) is 46.0 Å². The lowest BCUT2D eigenvalue weighted by molar-refractivity contribution is 0.0861. The van der Waals surface area contributed by atoms with E-state index in [1.54, 1.807) is 11.3 Å². The summed E-state index contributed by atoms with van der Waals surface area (Å²) in [7, 11) is 2.00. The molecule has 0 spiro atoms. The predicted octanol–water partition coefficient (Wildman–Crippen LogP) is 4.83. The quantitative estimate of drug-likeness (QED) is 0.707. The number of benzene rings is 1. The molecule has 4 heteroatoms. The van der Waals surface area contributed by atoms with Crippen molar-refractivity contribution in [2.24, 2.45) is 0 Å². The summed E-state index contributed by atoms with van der Waals surface area (Å²) in [6.45, 7) is 6.77. The highest BCUT2D eigenvalue weighted by Crippen LogP contribution is 2.22. The molecule has 1 atom stereocenters. The largest absolute Gasteiger partial charge is 0.292 e. The van der Waals surface area contributed by atoms with E-state index in [0.29, 0.717) is 0 Å². The SMILES string of the molecule is Cc1ccc(C)c(C(=O)C(C)N(C)Cc2csc(Br)c2)c1. The van der Waals surface area contributed by atoms with Gasteiger partial charge in [-0.05, 0) is 72.4 Å². The Bertz CT molecular complexity index is 650. The van der Waals surface area contributed by atoms with Crippen molar-refractivity contribution in [3.05, 3.63) is 55.7 Å². The van der Waals surface area contributed by atoms with E-state index < -0.39 is 0 Å². The maximum Gasteiger partial charge on any atom is 0.179 e. The van der Waals surface area contributed by atoms with Gasteiger partial charge in [0.15, 0.2) is 5.78 Å². The summed E-state index contributed by atoms with van der Waals surface area (Å²) >= 11 is 5.15. The van der Waals surface area contributed by atoms with E-state index in [1.165, 1.54) is 5.56 Å². The van der Waals surface area contributed by atoms with Gasteiger partial charge < -0.3 is 0 Å². The van der Waals surface area contributed by atoms with E-state index in [-0.39, 0.29) is 11.8 Å². The second-order valence-corrected chi connectivity index (χ2v) is 7.82. The molecule has 0 aliphatic rings. The van der Waals surface area contributed by atoms with Gasteiger partial charge in [-0.25, -0.2) is 0 Å². The summed E-state index contributed by atoms with van der Waals surface area (Å²) in [5, 5.41) is 2.12. The third kappa shape index (κ3) is 4.02. The first kappa shape index (κ1) is 16.4. The van der Waals surface area contributed by atoms with Crippen molar-refractivity contribution in [1.29, 1.82) is 0 Å². The van der Waals surface area contributed by atoms with Gasteiger partial charge in [0.25, 0.3) is 0 Å². The summed E-state index contributed by atoms with van der Waals surface area (Å²) < 4.78 is 1.12. The first-order valence-electron chi connectivity index (χ1n) is 6.93. The van der Waals surface area contributed by atoms with Crippen LogP contribution in [-0.2, 0) is 6.54 Å². The Labute approximate surface area is 138 Å². The van der Waals surface area contributed by atoms with Crippen molar-refractivity contribution in [3.63, 3.8) is 0 Å². The van der Waals surface area contributed by atoms with Crippen LogP contribution in [0.2, 0.25) is 0 Å². The number of halogens is 1. The van der Waals surface area contributed by atoms with Crippen LogP contribution >= 0.6 is 27.3 Å². The first-order chi connectivity index (χ1) is 9.88. The Morgan fingerprint density at radius 3 is 2.67 bits per heavy atom. The minimum atomic E-state index is -0.135. The van der Waals surface area contributed by atoms with Crippen LogP contribution in [0.3, 0.4) is 0 Å². The number of nitrogens with zero attached hydrogens (tertiary/aromatic N) is 1. The second kappa shape index (κ2) is 6.86. The zero-order chi connectivity index (χ0) is 15.6. The third-order valence-electron chi connectivity index (χ3n) is 3.75. The number of carbonyl (C=O) groups excluding carboxylic acids is 1. The third-order valence-corrected chi connectivity index (χ3v) is 5.31. The molecule has 2 aromatic rings. The van der Waals surface area contributed by atoms with Gasteiger partial charge in [-0.2, -0.15) is 0 Å². The van der Waals surface area contributed by atoms with Crippen molar-refractivity contribution in [2.45, 2.75) is 33.4 Å². The Hall–Kier alpha value is -0.970. The molecule has 2 nitrogen and oxygen atoms in total. The van der Waals surface area contributed by atoms with Crippen LogP contribution in [0.4, 0.5) is 0 Å². The van der Waals surface area contributed by atoms with Gasteiger partial charge in [0.2, 0.25) is 0 Å². The molecule has 0 radical (unpaired) electrons. The van der Waals surface area contributed by atoms with Crippen LogP contribution in [0, 0.1) is 13.8 Å². The van der Waals surface area contributed by atoms with Gasteiger partial charge in [-0.3, -0.25) is 9.69 Å². The van der Waals surface area contributed by atoms with E-state index in [0.717, 1.165) is 27.0 Å². The van der Waals surface area contributed by atoms with Crippen molar-refractivity contribution in [3.8, 4) is 0 Å². The maximum atomic E-state index is 12.7. The molecule has 0 saturated heterocycles. The average Bonchev–Trinajstić information content (AvgIpc) is 2.85. The molecule has 2 rings (SSSR count). The standard InChI is InChI=1S/C17H20BrNOS/c1-11-5-6-12(2)15(7-11)17(20)13(3)19(4)9-14-8-16(18)21-10-14/h5-8,10,13H,9H2,1-4H3. The molecule has 0 aliphatic heterocycles. The molecule has 21 heavy (non-hydrogen) atoms. The molecule has 0 fully saturated rings. The normalized spacial score (nSPS) is 12.7. The van der Waals surface area contributed by atoms with Crippen molar-refractivity contribution >= 4 is 33.0 Å². The minimum Gasteiger partial charge on any atom is -0.292 e. The monoisotopic (exact) mass is 365 g/mol. The Morgan fingerprint density at radius 1 is 1.33 bits per heavy atom. The summed E-state index contributed by atoms with van der Waals surface area (Å²) in [5.41, 5.74) is 4.24. The number of hydrogen-bond acceptors (Lipinski definition) is 3. The van der Waals surface area contributed by atoms with E-state index >= 15 is 0 Å². The number of rotatable bonds is 5. The van der Waals surface area contributed by atoms with Crippen LogP contribution < -0.4 is 0 Å². The highest BCUT2D eigenvalue weighted by molar-refractivity contribution is 9.11. The number of ketones is 1. The zero-order valence-electron chi connectivity index (χ0n) is 12.8. The highest BCUT2D eigenvalue weighted by Gasteiger charge is 2.21. The van der Waals surface area contributed by atoms with E-state index in [4.69, 9.17) is 0 Å². The number of hydrogen-bond donors (Lipinski definition) is 0. The van der Waals surface area contributed by atoms with E-state index in [9.17, 15) is 4.79 Å². The number of Topliss-reactive ketones (excluding diaryl/α,β-unsaturated/α-hetero) is 1. The fourth-order valence-corrected chi connectivity index (χ4v) is 3.48. The van der Waals surface area contributed by atoms with E-state index in [2.05, 4.69) is 32.3 Å². The van der Waals surface area contributed by atoms with Gasteiger partial charge in [0.1, 0.15) is 0 Å². The molecule has 1 heterocycles. The summed E-state index contributed by atoms with van der Waals surface area (Å²) in [5.74, 6) is 0.188. The molecule has 0 N–H and O–H groups in total. The minimum absolute atomic E-state index is 0.135. The van der Waals surface area contributed by atoms with Gasteiger partial charge in [0, 0.05) is 12.1 Å². The van der Waals surface area contributed by atoms with Gasteiger partial charge in [-0.15, -0.1) is 11.3 Å². The van der Waals surface area contributed by atoms with Crippen LogP contribution in [0.1, 0.15) is 34.0 Å². The molecule has 112 valence electrons. The van der Waals surface area contributed by atoms with Crippen LogP contribution in [0.15, 0.2) is 33.4 Å². The van der Waals surface area contributed by atoms with Gasteiger partial charge >= 0.3 is 0 Å². The molecule has 1 aromatic carbocycles. The number of likely N-dealkylation sites (N-methyl/N-ethyl adjacent to an activating group) is 1. The highest BCUT2D eigenvalue weighted by atomic mass is 79.9. The summed E-state index contributed by atoms with van der Waals surface area (Å²) in [6, 6.07) is 8.03. The molecule has 0 amide bonds. The molecule has 1 aromatic heterocycles. The lowest BCUT2D eigenvalue weighted by atomic mass is 9.97. The topological polar surface area (TPSA) is 20.3 Å². The van der Waals surface area contributed by atoms with Crippen LogP contribution in [-0.4, -0.2) is 23.8 Å². The number of thiophene rings is 1. The zero-order valence-corrected chi connectivity index (χ0v) is 15.2. The van der Waals surface area contributed by atoms with Crippen molar-refractivity contribution < 1.29 is 4.79 Å². The van der Waals surface area contributed by atoms with Gasteiger partial charge in [-0.1, -0.05) is 17.7 Å². The first-order valence-corrected chi connectivity index (χ1v) is 8.60. The van der Waals surface area contributed by atoms with Crippen LogP contribution in [0.25, 0.3) is 0 Å². The fourth-order valence-electron chi connectivity index (χ4n) is 2.28. The average molecular weight is 366 g/mol. The summed E-state index contributed by atoms with van der Waals surface area (Å²) in [4.78, 5) is 14.8. The lowest BCUT2D eigenvalue weighted by Gasteiger charge is -2.24. The Balaban J connectivity index is 2.12. The molecule has 0 saturated carbocycles. The molecule has 0 bridgehead atoms. The number of carbonyl (C=O) groups is 1.